The molecule has 0 rings (SSSR count). The number of rotatable bonds is 1. The van der Waals surface area contributed by atoms with E-state index in [9.17, 15) is 13.2 Å². The molecule has 0 aliphatic rings. The molecule has 10 heavy (non-hydrogen) atoms. The number of hydrogen-bond acceptors (Lipinski definition) is 2. The third-order valence-corrected chi connectivity index (χ3v) is 0.694. The Kier molecular flexibility index (Phi) is 2.98. The van der Waals surface area contributed by atoms with Crippen LogP contribution in [0.1, 0.15) is 6.92 Å². The minimum absolute atomic E-state index is 0.828. The molecule has 0 saturated carbocycles. The molecular weight excluding hydrogens is 147 g/mol. The largest absolute Gasteiger partial charge is 0.431 e. The predicted molar refractivity (Wildman–Crippen MR) is 29.9 cm³/mol. The smallest absolute Gasteiger partial charge is 0.172 e. The SMILES string of the molecule is CN=N/N=C(\C)C(F)(F)F. The quantitative estimate of drug-likeness (QED) is 0.314. The van der Waals surface area contributed by atoms with Crippen LogP contribution in [-0.2, 0) is 0 Å². The van der Waals surface area contributed by atoms with Gasteiger partial charge in [-0.3, -0.25) is 0 Å². The first kappa shape index (κ1) is 9.06. The van der Waals surface area contributed by atoms with E-state index in [1.54, 1.807) is 0 Å². The molecule has 0 heterocycles. The zero-order valence-corrected chi connectivity index (χ0v) is 5.48. The fraction of sp³-hybridized carbons (Fsp3) is 0.750. The molecule has 0 fully saturated rings. The van der Waals surface area contributed by atoms with Crippen LogP contribution in [-0.4, -0.2) is 18.9 Å². The highest BCUT2D eigenvalue weighted by Gasteiger charge is 2.32. The van der Waals surface area contributed by atoms with Crippen molar-refractivity contribution in [3.05, 3.63) is 0 Å². The third kappa shape index (κ3) is 3.16. The van der Waals surface area contributed by atoms with Crippen molar-refractivity contribution in [2.45, 2.75) is 13.1 Å². The molecule has 0 spiro atoms. The zero-order valence-electron chi connectivity index (χ0n) is 5.48. The van der Waals surface area contributed by atoms with Gasteiger partial charge in [0.1, 0.15) is 5.71 Å². The van der Waals surface area contributed by atoms with Crippen molar-refractivity contribution >= 4 is 5.71 Å². The molecule has 0 atom stereocenters. The van der Waals surface area contributed by atoms with Crippen LogP contribution >= 0.6 is 0 Å². The second-order valence-electron chi connectivity index (χ2n) is 1.47. The Bertz CT molecular complexity index is 158. The molecule has 0 N–H and O–H groups in total. The second-order valence-corrected chi connectivity index (χ2v) is 1.47. The number of alkyl halides is 3. The van der Waals surface area contributed by atoms with Crippen molar-refractivity contribution in [3.63, 3.8) is 0 Å². The fourth-order valence-corrected chi connectivity index (χ4v) is 0.168. The molecule has 0 bridgehead atoms. The highest BCUT2D eigenvalue weighted by Crippen LogP contribution is 2.16. The van der Waals surface area contributed by atoms with Gasteiger partial charge in [0, 0.05) is 0 Å². The molecule has 0 unspecified atom stereocenters. The Morgan fingerprint density at radius 3 is 2.10 bits per heavy atom. The maximum atomic E-state index is 11.5. The van der Waals surface area contributed by atoms with Crippen molar-refractivity contribution in [3.8, 4) is 0 Å². The van der Waals surface area contributed by atoms with Crippen LogP contribution in [0, 0.1) is 0 Å². The van der Waals surface area contributed by atoms with Gasteiger partial charge in [-0.15, -0.1) is 5.10 Å². The summed E-state index contributed by atoms with van der Waals surface area (Å²) in [4.78, 5) is 0. The molecule has 3 nitrogen and oxygen atoms in total. The van der Waals surface area contributed by atoms with E-state index in [1.165, 1.54) is 7.05 Å². The van der Waals surface area contributed by atoms with E-state index in [1.807, 2.05) is 0 Å². The predicted octanol–water partition coefficient (Wildman–Crippen LogP) is 2.01. The number of nitrogens with zero attached hydrogens (tertiary/aromatic N) is 3. The van der Waals surface area contributed by atoms with Gasteiger partial charge in [-0.05, 0) is 12.1 Å². The Hall–Kier alpha value is -0.940. The van der Waals surface area contributed by atoms with Gasteiger partial charge in [-0.25, -0.2) is 0 Å². The Balaban J connectivity index is 4.20. The Morgan fingerprint density at radius 2 is 1.80 bits per heavy atom. The molecule has 0 radical (unpaired) electrons. The molecule has 0 saturated heterocycles. The molecule has 6 heteroatoms. The topological polar surface area (TPSA) is 37.1 Å². The summed E-state index contributed by atoms with van der Waals surface area (Å²) in [6.07, 6.45) is -4.39. The molecule has 0 amide bonds. The summed E-state index contributed by atoms with van der Waals surface area (Å²) >= 11 is 0. The first-order chi connectivity index (χ1) is 4.48. The number of halogens is 3. The van der Waals surface area contributed by atoms with Gasteiger partial charge in [0.05, 0.1) is 7.05 Å². The Morgan fingerprint density at radius 1 is 1.30 bits per heavy atom. The van der Waals surface area contributed by atoms with Gasteiger partial charge in [-0.2, -0.15) is 18.3 Å². The van der Waals surface area contributed by atoms with E-state index in [0.717, 1.165) is 6.92 Å². The van der Waals surface area contributed by atoms with E-state index >= 15 is 0 Å². The molecule has 0 aromatic rings. The van der Waals surface area contributed by atoms with Crippen molar-refractivity contribution in [2.75, 3.05) is 7.05 Å². The summed E-state index contributed by atoms with van der Waals surface area (Å²) in [5, 5.41) is 8.62. The van der Waals surface area contributed by atoms with Crippen molar-refractivity contribution in [1.29, 1.82) is 0 Å². The summed E-state index contributed by atoms with van der Waals surface area (Å²) in [7, 11) is 1.24. The zero-order chi connectivity index (χ0) is 8.20. The molecule has 58 valence electrons. The first-order valence-electron chi connectivity index (χ1n) is 2.39. The van der Waals surface area contributed by atoms with Gasteiger partial charge in [0.2, 0.25) is 0 Å². The molecule has 0 aromatic carbocycles. The second kappa shape index (κ2) is 3.28. The minimum atomic E-state index is -4.39. The van der Waals surface area contributed by atoms with Crippen molar-refractivity contribution < 1.29 is 13.2 Å². The summed E-state index contributed by atoms with van der Waals surface area (Å²) in [5.74, 6) is 0. The molecule has 0 aromatic heterocycles. The van der Waals surface area contributed by atoms with Gasteiger partial charge in [-0.1, -0.05) is 0 Å². The average molecular weight is 153 g/mol. The third-order valence-electron chi connectivity index (χ3n) is 0.694. The normalized spacial score (nSPS) is 14.7. The molecular formula is C4H6F3N3. The minimum Gasteiger partial charge on any atom is -0.172 e. The maximum absolute atomic E-state index is 11.5. The average Bonchev–Trinajstić information content (AvgIpc) is 1.80. The lowest BCUT2D eigenvalue weighted by atomic mass is 10.4. The summed E-state index contributed by atoms with van der Waals surface area (Å²) in [6.45, 7) is 0.828. The van der Waals surface area contributed by atoms with Crippen LogP contribution in [0.4, 0.5) is 13.2 Å². The van der Waals surface area contributed by atoms with E-state index in [0.29, 0.717) is 0 Å². The first-order valence-corrected chi connectivity index (χ1v) is 2.39. The van der Waals surface area contributed by atoms with E-state index in [-0.39, 0.29) is 0 Å². The summed E-state index contributed by atoms with van der Waals surface area (Å²) < 4.78 is 34.6. The number of hydrogen-bond donors (Lipinski definition) is 0. The van der Waals surface area contributed by atoms with Crippen LogP contribution in [0.2, 0.25) is 0 Å². The van der Waals surface area contributed by atoms with Crippen LogP contribution < -0.4 is 0 Å². The van der Waals surface area contributed by atoms with E-state index in [2.05, 4.69) is 15.4 Å². The molecule has 0 aliphatic heterocycles. The van der Waals surface area contributed by atoms with Gasteiger partial charge < -0.3 is 0 Å². The van der Waals surface area contributed by atoms with Crippen LogP contribution in [0.3, 0.4) is 0 Å². The van der Waals surface area contributed by atoms with E-state index in [4.69, 9.17) is 0 Å². The van der Waals surface area contributed by atoms with Crippen LogP contribution in [0.5, 0.6) is 0 Å². The van der Waals surface area contributed by atoms with Crippen molar-refractivity contribution in [1.82, 2.24) is 0 Å². The summed E-state index contributed by atoms with van der Waals surface area (Å²) in [5.41, 5.74) is -1.00. The fourth-order valence-electron chi connectivity index (χ4n) is 0.168. The Labute approximate surface area is 55.6 Å². The van der Waals surface area contributed by atoms with Crippen molar-refractivity contribution in [2.24, 2.45) is 15.4 Å². The highest BCUT2D eigenvalue weighted by atomic mass is 19.4. The lowest BCUT2D eigenvalue weighted by molar-refractivity contribution is -0.0594. The standard InChI is InChI=1S/C4H6F3N3/c1-3(4(5,6)7)9-10-8-2/h1-2H3/b9-3+,10-8?. The lowest BCUT2D eigenvalue weighted by Crippen LogP contribution is -2.18. The summed E-state index contributed by atoms with van der Waals surface area (Å²) in [6, 6.07) is 0. The maximum Gasteiger partial charge on any atom is 0.431 e. The van der Waals surface area contributed by atoms with Crippen LogP contribution in [0.15, 0.2) is 15.4 Å². The monoisotopic (exact) mass is 153 g/mol. The highest BCUT2D eigenvalue weighted by molar-refractivity contribution is 5.87. The van der Waals surface area contributed by atoms with Gasteiger partial charge in [0.25, 0.3) is 0 Å². The van der Waals surface area contributed by atoms with Crippen LogP contribution in [0.25, 0.3) is 0 Å². The van der Waals surface area contributed by atoms with E-state index < -0.39 is 11.9 Å². The molecule has 0 aliphatic carbocycles. The lowest BCUT2D eigenvalue weighted by Gasteiger charge is -2.00. The van der Waals surface area contributed by atoms with Gasteiger partial charge in [0.15, 0.2) is 0 Å². The van der Waals surface area contributed by atoms with Gasteiger partial charge >= 0.3 is 6.18 Å².